The molecule has 1 aromatic heterocycles. The van der Waals surface area contributed by atoms with E-state index in [1.54, 1.807) is 6.07 Å². The van der Waals surface area contributed by atoms with Crippen molar-refractivity contribution >= 4 is 29.2 Å². The molecular weight excluding hydrogens is 341 g/mol. The monoisotopic (exact) mass is 359 g/mol. The number of nitrogens with one attached hydrogen (secondary N) is 1. The Kier molecular flexibility index (Phi) is 5.12. The number of halogens is 2. The minimum Gasteiger partial charge on any atom is -0.349 e. The molecule has 0 amide bonds. The Labute approximate surface area is 152 Å². The number of hydrogen-bond donors (Lipinski definition) is 1. The molecule has 0 aliphatic heterocycles. The third-order valence-corrected chi connectivity index (χ3v) is 4.67. The summed E-state index contributed by atoms with van der Waals surface area (Å²) in [5.41, 5.74) is 3.22. The van der Waals surface area contributed by atoms with Crippen molar-refractivity contribution in [3.8, 4) is 11.3 Å². The van der Waals surface area contributed by atoms with Crippen molar-refractivity contribution in [2.24, 2.45) is 7.05 Å². The van der Waals surface area contributed by atoms with Crippen LogP contribution in [0.25, 0.3) is 11.3 Å². The van der Waals surface area contributed by atoms with Crippen LogP contribution in [0.15, 0.2) is 54.7 Å². The van der Waals surface area contributed by atoms with Gasteiger partial charge < -0.3 is 9.88 Å². The summed E-state index contributed by atoms with van der Waals surface area (Å²) < 4.78 is 2.06. The Morgan fingerprint density at radius 1 is 1.12 bits per heavy atom. The lowest BCUT2D eigenvalue weighted by atomic mass is 10.0. The van der Waals surface area contributed by atoms with Crippen LogP contribution in [0.5, 0.6) is 0 Å². The zero-order valence-corrected chi connectivity index (χ0v) is 15.1. The van der Waals surface area contributed by atoms with Crippen molar-refractivity contribution in [3.63, 3.8) is 0 Å². The molecule has 0 aliphatic rings. The number of rotatable bonds is 5. The maximum absolute atomic E-state index is 6.36. The average molecular weight is 360 g/mol. The molecule has 2 aromatic carbocycles. The molecule has 3 rings (SSSR count). The van der Waals surface area contributed by atoms with Gasteiger partial charge in [0.25, 0.3) is 0 Å². The van der Waals surface area contributed by atoms with Crippen LogP contribution in [0.1, 0.15) is 24.9 Å². The molecule has 5 heteroatoms. The van der Waals surface area contributed by atoms with E-state index >= 15 is 0 Å². The number of aromatic nitrogens is 2. The Morgan fingerprint density at radius 3 is 2.54 bits per heavy atom. The lowest BCUT2D eigenvalue weighted by Gasteiger charge is -2.20. The molecule has 1 N–H and O–H groups in total. The van der Waals surface area contributed by atoms with Crippen molar-refractivity contribution in [2.75, 3.05) is 5.32 Å². The van der Waals surface area contributed by atoms with Crippen LogP contribution >= 0.6 is 23.2 Å². The van der Waals surface area contributed by atoms with Gasteiger partial charge in [0, 0.05) is 17.1 Å². The summed E-state index contributed by atoms with van der Waals surface area (Å²) >= 11 is 12.4. The predicted molar refractivity (Wildman–Crippen MR) is 102 cm³/mol. The summed E-state index contributed by atoms with van der Waals surface area (Å²) in [6, 6.07) is 15.9. The number of benzene rings is 2. The van der Waals surface area contributed by atoms with Gasteiger partial charge in [0.15, 0.2) is 0 Å². The summed E-state index contributed by atoms with van der Waals surface area (Å²) in [5, 5.41) is 4.79. The van der Waals surface area contributed by atoms with Gasteiger partial charge in [-0.2, -0.15) is 0 Å². The molecule has 0 radical (unpaired) electrons. The highest BCUT2D eigenvalue weighted by Crippen LogP contribution is 2.31. The maximum Gasteiger partial charge on any atom is 0.203 e. The van der Waals surface area contributed by atoms with E-state index in [4.69, 9.17) is 23.2 Å². The van der Waals surface area contributed by atoms with E-state index in [0.717, 1.165) is 29.2 Å². The summed E-state index contributed by atoms with van der Waals surface area (Å²) in [5.74, 6) is 0.812. The van der Waals surface area contributed by atoms with Gasteiger partial charge in [0.05, 0.1) is 17.9 Å². The van der Waals surface area contributed by atoms with Crippen molar-refractivity contribution in [2.45, 2.75) is 19.4 Å². The van der Waals surface area contributed by atoms with E-state index in [2.05, 4.69) is 33.9 Å². The van der Waals surface area contributed by atoms with Gasteiger partial charge in [-0.25, -0.2) is 4.98 Å². The summed E-state index contributed by atoms with van der Waals surface area (Å²) in [4.78, 5) is 4.54. The van der Waals surface area contributed by atoms with Crippen LogP contribution in [0.2, 0.25) is 10.0 Å². The van der Waals surface area contributed by atoms with Crippen LogP contribution in [-0.2, 0) is 7.05 Å². The van der Waals surface area contributed by atoms with Crippen LogP contribution in [0.3, 0.4) is 0 Å². The highest BCUT2D eigenvalue weighted by molar-refractivity contribution is 6.35. The highest BCUT2D eigenvalue weighted by Gasteiger charge is 2.16. The van der Waals surface area contributed by atoms with E-state index in [0.29, 0.717) is 10.0 Å². The summed E-state index contributed by atoms with van der Waals surface area (Å²) in [6.07, 6.45) is 2.77. The van der Waals surface area contributed by atoms with Crippen LogP contribution in [-0.4, -0.2) is 9.55 Å². The van der Waals surface area contributed by atoms with Crippen molar-refractivity contribution in [3.05, 3.63) is 70.3 Å². The van der Waals surface area contributed by atoms with Crippen LogP contribution in [0.4, 0.5) is 5.95 Å². The Bertz CT molecular complexity index is 828. The van der Waals surface area contributed by atoms with Crippen LogP contribution in [0, 0.1) is 0 Å². The van der Waals surface area contributed by atoms with E-state index in [-0.39, 0.29) is 6.04 Å². The fourth-order valence-corrected chi connectivity index (χ4v) is 3.30. The van der Waals surface area contributed by atoms with E-state index in [1.807, 2.05) is 43.6 Å². The zero-order valence-electron chi connectivity index (χ0n) is 13.6. The molecule has 0 bridgehead atoms. The smallest absolute Gasteiger partial charge is 0.203 e. The number of hydrogen-bond acceptors (Lipinski definition) is 2. The van der Waals surface area contributed by atoms with Gasteiger partial charge in [0.2, 0.25) is 5.95 Å². The van der Waals surface area contributed by atoms with E-state index in [9.17, 15) is 0 Å². The second-order valence-corrected chi connectivity index (χ2v) is 6.51. The highest BCUT2D eigenvalue weighted by atomic mass is 35.5. The SMILES string of the molecule is CCC(Nc1ncc(-c2ccccc2)n1C)c1ccc(Cl)cc1Cl. The van der Waals surface area contributed by atoms with Gasteiger partial charge in [0.1, 0.15) is 0 Å². The Balaban J connectivity index is 1.88. The third-order valence-electron chi connectivity index (χ3n) is 4.11. The van der Waals surface area contributed by atoms with E-state index < -0.39 is 0 Å². The fraction of sp³-hybridized carbons (Fsp3) is 0.211. The van der Waals surface area contributed by atoms with Crippen LogP contribution < -0.4 is 5.32 Å². The first-order valence-corrected chi connectivity index (χ1v) is 8.64. The minimum atomic E-state index is 0.0690. The molecular formula is C19H19Cl2N3. The summed E-state index contributed by atoms with van der Waals surface area (Å²) in [7, 11) is 2.01. The first-order chi connectivity index (χ1) is 11.6. The van der Waals surface area contributed by atoms with Crippen molar-refractivity contribution < 1.29 is 0 Å². The number of anilines is 1. The maximum atomic E-state index is 6.36. The topological polar surface area (TPSA) is 29.9 Å². The van der Waals surface area contributed by atoms with Gasteiger partial charge in [-0.3, -0.25) is 0 Å². The first kappa shape index (κ1) is 16.9. The summed E-state index contributed by atoms with van der Waals surface area (Å²) in [6.45, 7) is 2.11. The predicted octanol–water partition coefficient (Wildman–Crippen LogP) is 5.96. The molecule has 0 saturated carbocycles. The second kappa shape index (κ2) is 7.29. The number of imidazole rings is 1. The molecule has 24 heavy (non-hydrogen) atoms. The molecule has 1 atom stereocenters. The van der Waals surface area contributed by atoms with Gasteiger partial charge in [-0.15, -0.1) is 0 Å². The molecule has 0 saturated heterocycles. The second-order valence-electron chi connectivity index (χ2n) is 5.66. The molecule has 1 heterocycles. The first-order valence-electron chi connectivity index (χ1n) is 7.88. The number of nitrogens with zero attached hydrogens (tertiary/aromatic N) is 2. The zero-order chi connectivity index (χ0) is 17.1. The molecule has 3 aromatic rings. The largest absolute Gasteiger partial charge is 0.349 e. The lowest BCUT2D eigenvalue weighted by molar-refractivity contribution is 0.728. The van der Waals surface area contributed by atoms with Crippen molar-refractivity contribution in [1.29, 1.82) is 0 Å². The fourth-order valence-electron chi connectivity index (χ4n) is 2.76. The normalized spacial score (nSPS) is 12.2. The average Bonchev–Trinajstić information content (AvgIpc) is 2.95. The quantitative estimate of drug-likeness (QED) is 0.609. The molecule has 124 valence electrons. The minimum absolute atomic E-state index is 0.0690. The Hall–Kier alpha value is -1.97. The molecule has 1 unspecified atom stereocenters. The molecule has 3 nitrogen and oxygen atoms in total. The lowest BCUT2D eigenvalue weighted by Crippen LogP contribution is -2.13. The molecule has 0 spiro atoms. The molecule has 0 fully saturated rings. The van der Waals surface area contributed by atoms with Gasteiger partial charge in [-0.05, 0) is 29.7 Å². The standard InChI is InChI=1S/C19H19Cl2N3/c1-3-17(15-10-9-14(20)11-16(15)21)23-19-22-12-18(24(19)2)13-7-5-4-6-8-13/h4-12,17H,3H2,1-2H3,(H,22,23). The van der Waals surface area contributed by atoms with Gasteiger partial charge in [-0.1, -0.05) is 66.5 Å². The third kappa shape index (κ3) is 3.42. The van der Waals surface area contributed by atoms with Gasteiger partial charge >= 0.3 is 0 Å². The van der Waals surface area contributed by atoms with E-state index in [1.165, 1.54) is 0 Å². The van der Waals surface area contributed by atoms with Crippen molar-refractivity contribution in [1.82, 2.24) is 9.55 Å². The Morgan fingerprint density at radius 2 is 1.88 bits per heavy atom. The molecule has 0 aliphatic carbocycles.